The SMILES string of the molecule is CCCNC(C)Cc1ccc(CC)s1. The molecule has 1 aromatic rings. The van der Waals surface area contributed by atoms with Gasteiger partial charge in [0.15, 0.2) is 0 Å². The average Bonchev–Trinajstić information content (AvgIpc) is 2.62. The molecule has 0 bridgehead atoms. The lowest BCUT2D eigenvalue weighted by atomic mass is 10.2. The van der Waals surface area contributed by atoms with Crippen molar-refractivity contribution < 1.29 is 0 Å². The Bertz CT molecular complexity index is 255. The summed E-state index contributed by atoms with van der Waals surface area (Å²) in [6.07, 6.45) is 3.56. The Morgan fingerprint density at radius 2 is 2.00 bits per heavy atom. The predicted molar refractivity (Wildman–Crippen MR) is 65.2 cm³/mol. The molecule has 1 atom stereocenters. The van der Waals surface area contributed by atoms with E-state index >= 15 is 0 Å². The largest absolute Gasteiger partial charge is 0.314 e. The molecule has 0 amide bonds. The van der Waals surface area contributed by atoms with Crippen LogP contribution < -0.4 is 5.32 Å². The van der Waals surface area contributed by atoms with E-state index in [2.05, 4.69) is 38.2 Å². The van der Waals surface area contributed by atoms with Crippen LogP contribution in [0.15, 0.2) is 12.1 Å². The molecule has 2 heteroatoms. The molecule has 0 radical (unpaired) electrons. The third-order valence-electron chi connectivity index (χ3n) is 2.32. The van der Waals surface area contributed by atoms with Crippen molar-refractivity contribution in [3.05, 3.63) is 21.9 Å². The van der Waals surface area contributed by atoms with Crippen molar-refractivity contribution in [1.82, 2.24) is 5.32 Å². The van der Waals surface area contributed by atoms with E-state index in [1.165, 1.54) is 29.0 Å². The van der Waals surface area contributed by atoms with Crippen LogP contribution in [0.2, 0.25) is 0 Å². The Labute approximate surface area is 91.5 Å². The minimum Gasteiger partial charge on any atom is -0.314 e. The van der Waals surface area contributed by atoms with Gasteiger partial charge in [-0.3, -0.25) is 0 Å². The molecule has 1 N–H and O–H groups in total. The lowest BCUT2D eigenvalue weighted by molar-refractivity contribution is 0.546. The maximum Gasteiger partial charge on any atom is 0.00870 e. The van der Waals surface area contributed by atoms with Crippen molar-refractivity contribution in [1.29, 1.82) is 0 Å². The van der Waals surface area contributed by atoms with Crippen molar-refractivity contribution in [3.63, 3.8) is 0 Å². The van der Waals surface area contributed by atoms with E-state index in [0.29, 0.717) is 6.04 Å². The molecule has 1 nitrogen and oxygen atoms in total. The molecule has 1 aromatic heterocycles. The molecular weight excluding hydrogens is 190 g/mol. The maximum atomic E-state index is 3.51. The molecule has 0 spiro atoms. The summed E-state index contributed by atoms with van der Waals surface area (Å²) in [4.78, 5) is 3.01. The molecule has 1 unspecified atom stereocenters. The lowest BCUT2D eigenvalue weighted by Gasteiger charge is -2.11. The second kappa shape index (κ2) is 6.20. The molecule has 0 aliphatic carbocycles. The molecule has 1 rings (SSSR count). The minimum absolute atomic E-state index is 0.610. The Balaban J connectivity index is 2.35. The van der Waals surface area contributed by atoms with Crippen LogP contribution >= 0.6 is 11.3 Å². The smallest absolute Gasteiger partial charge is 0.00870 e. The highest BCUT2D eigenvalue weighted by Crippen LogP contribution is 2.18. The topological polar surface area (TPSA) is 12.0 Å². The highest BCUT2D eigenvalue weighted by atomic mass is 32.1. The first kappa shape index (κ1) is 11.7. The fourth-order valence-corrected chi connectivity index (χ4v) is 2.57. The van der Waals surface area contributed by atoms with Crippen molar-refractivity contribution in [3.8, 4) is 0 Å². The van der Waals surface area contributed by atoms with Gasteiger partial charge in [-0.1, -0.05) is 13.8 Å². The van der Waals surface area contributed by atoms with E-state index < -0.39 is 0 Å². The van der Waals surface area contributed by atoms with E-state index in [-0.39, 0.29) is 0 Å². The monoisotopic (exact) mass is 211 g/mol. The quantitative estimate of drug-likeness (QED) is 0.761. The van der Waals surface area contributed by atoms with Crippen molar-refractivity contribution in [2.45, 2.75) is 46.1 Å². The first-order valence-electron chi connectivity index (χ1n) is 5.57. The van der Waals surface area contributed by atoms with Crippen LogP contribution in [0.25, 0.3) is 0 Å². The molecular formula is C12H21NS. The van der Waals surface area contributed by atoms with Gasteiger partial charge in [-0.2, -0.15) is 0 Å². The zero-order valence-corrected chi connectivity index (χ0v) is 10.3. The van der Waals surface area contributed by atoms with Crippen molar-refractivity contribution >= 4 is 11.3 Å². The summed E-state index contributed by atoms with van der Waals surface area (Å²) in [5, 5.41) is 3.51. The van der Waals surface area contributed by atoms with Crippen LogP contribution in [0.1, 0.15) is 36.9 Å². The number of thiophene rings is 1. The summed E-state index contributed by atoms with van der Waals surface area (Å²) in [6, 6.07) is 5.14. The Morgan fingerprint density at radius 3 is 2.57 bits per heavy atom. The van der Waals surface area contributed by atoms with Crippen LogP contribution in [0.3, 0.4) is 0 Å². The molecule has 14 heavy (non-hydrogen) atoms. The third-order valence-corrected chi connectivity index (χ3v) is 3.57. The molecule has 0 saturated carbocycles. The van der Waals surface area contributed by atoms with Gasteiger partial charge in [0.1, 0.15) is 0 Å². The first-order valence-corrected chi connectivity index (χ1v) is 6.38. The Morgan fingerprint density at radius 1 is 1.29 bits per heavy atom. The van der Waals surface area contributed by atoms with Gasteiger partial charge in [0.25, 0.3) is 0 Å². The van der Waals surface area contributed by atoms with Gasteiger partial charge in [-0.15, -0.1) is 11.3 Å². The van der Waals surface area contributed by atoms with Crippen LogP contribution in [-0.2, 0) is 12.8 Å². The summed E-state index contributed by atoms with van der Waals surface area (Å²) < 4.78 is 0. The minimum atomic E-state index is 0.610. The molecule has 0 aromatic carbocycles. The standard InChI is InChI=1S/C12H21NS/c1-4-8-13-10(3)9-12-7-6-11(5-2)14-12/h6-7,10,13H,4-5,8-9H2,1-3H3. The van der Waals surface area contributed by atoms with E-state index in [9.17, 15) is 0 Å². The zero-order chi connectivity index (χ0) is 10.4. The van der Waals surface area contributed by atoms with E-state index in [0.717, 1.165) is 6.54 Å². The summed E-state index contributed by atoms with van der Waals surface area (Å²) in [6.45, 7) is 7.82. The fraction of sp³-hybridized carbons (Fsp3) is 0.667. The predicted octanol–water partition coefficient (Wildman–Crippen LogP) is 3.24. The van der Waals surface area contributed by atoms with E-state index in [4.69, 9.17) is 0 Å². The van der Waals surface area contributed by atoms with Gasteiger partial charge in [-0.05, 0) is 44.9 Å². The third kappa shape index (κ3) is 3.81. The summed E-state index contributed by atoms with van der Waals surface area (Å²) in [7, 11) is 0. The highest BCUT2D eigenvalue weighted by molar-refractivity contribution is 7.11. The molecule has 80 valence electrons. The molecule has 0 fully saturated rings. The maximum absolute atomic E-state index is 3.51. The van der Waals surface area contributed by atoms with Gasteiger partial charge < -0.3 is 5.32 Å². The van der Waals surface area contributed by atoms with Crippen LogP contribution in [0.4, 0.5) is 0 Å². The van der Waals surface area contributed by atoms with Gasteiger partial charge >= 0.3 is 0 Å². The van der Waals surface area contributed by atoms with Crippen LogP contribution in [0.5, 0.6) is 0 Å². The van der Waals surface area contributed by atoms with Gasteiger partial charge in [-0.25, -0.2) is 0 Å². The van der Waals surface area contributed by atoms with E-state index in [1.807, 2.05) is 11.3 Å². The molecule has 0 aliphatic heterocycles. The van der Waals surface area contributed by atoms with E-state index in [1.54, 1.807) is 0 Å². The zero-order valence-electron chi connectivity index (χ0n) is 9.47. The first-order chi connectivity index (χ1) is 6.76. The summed E-state index contributed by atoms with van der Waals surface area (Å²) in [5.74, 6) is 0. The summed E-state index contributed by atoms with van der Waals surface area (Å²) >= 11 is 1.95. The number of aryl methyl sites for hydroxylation is 1. The number of rotatable bonds is 6. The fourth-order valence-electron chi connectivity index (χ4n) is 1.49. The summed E-state index contributed by atoms with van der Waals surface area (Å²) in [5.41, 5.74) is 0. The molecule has 1 heterocycles. The van der Waals surface area contributed by atoms with Crippen molar-refractivity contribution in [2.24, 2.45) is 0 Å². The second-order valence-electron chi connectivity index (χ2n) is 3.78. The van der Waals surface area contributed by atoms with Crippen molar-refractivity contribution in [2.75, 3.05) is 6.54 Å². The lowest BCUT2D eigenvalue weighted by Crippen LogP contribution is -2.28. The second-order valence-corrected chi connectivity index (χ2v) is 5.03. The van der Waals surface area contributed by atoms with Crippen LogP contribution in [-0.4, -0.2) is 12.6 Å². The average molecular weight is 211 g/mol. The van der Waals surface area contributed by atoms with Gasteiger partial charge in [0.2, 0.25) is 0 Å². The molecule has 0 aliphatic rings. The van der Waals surface area contributed by atoms with Crippen LogP contribution in [0, 0.1) is 0 Å². The Hall–Kier alpha value is -0.340. The number of hydrogen-bond acceptors (Lipinski definition) is 2. The Kier molecular flexibility index (Phi) is 5.20. The number of nitrogens with one attached hydrogen (secondary N) is 1. The van der Waals surface area contributed by atoms with Gasteiger partial charge in [0, 0.05) is 15.8 Å². The van der Waals surface area contributed by atoms with Gasteiger partial charge in [0.05, 0.1) is 0 Å². The molecule has 0 saturated heterocycles. The normalized spacial score (nSPS) is 13.1. The number of hydrogen-bond donors (Lipinski definition) is 1. The highest BCUT2D eigenvalue weighted by Gasteiger charge is 2.04.